The Balaban J connectivity index is 2.02. The molecule has 1 heterocycles. The van der Waals surface area contributed by atoms with Gasteiger partial charge < -0.3 is 10.4 Å². The fraction of sp³-hybridized carbons (Fsp3) is 0.0714. The number of carbonyl (C=O) groups is 1. The van der Waals surface area contributed by atoms with Gasteiger partial charge in [0.05, 0.1) is 0 Å². The Bertz CT molecular complexity index is 610. The molecule has 0 aliphatic heterocycles. The largest absolute Gasteiger partial charge is 0.477 e. The standard InChI is InChI=1S/C14H11NO2S/c1-2-10-4-3-5-11(8-10)15-9-12-6-7-13(18-12)14(16)17/h1,3-8,15H,9H2,(H,16,17). The van der Waals surface area contributed by atoms with E-state index >= 15 is 0 Å². The molecule has 0 aliphatic carbocycles. The molecule has 0 saturated carbocycles. The van der Waals surface area contributed by atoms with Crippen LogP contribution in [0.2, 0.25) is 0 Å². The SMILES string of the molecule is C#Cc1cccc(NCc2ccc(C(=O)O)s2)c1. The molecule has 0 bridgehead atoms. The van der Waals surface area contributed by atoms with Crippen LogP contribution in [0.15, 0.2) is 36.4 Å². The minimum absolute atomic E-state index is 0.351. The van der Waals surface area contributed by atoms with Crippen LogP contribution in [-0.4, -0.2) is 11.1 Å². The first-order valence-corrected chi connectivity index (χ1v) is 6.13. The van der Waals surface area contributed by atoms with Crippen molar-refractivity contribution in [2.24, 2.45) is 0 Å². The van der Waals surface area contributed by atoms with E-state index in [1.54, 1.807) is 6.07 Å². The molecule has 0 saturated heterocycles. The summed E-state index contributed by atoms with van der Waals surface area (Å²) in [5.74, 6) is 1.68. The lowest BCUT2D eigenvalue weighted by molar-refractivity contribution is 0.0702. The summed E-state index contributed by atoms with van der Waals surface area (Å²) < 4.78 is 0. The zero-order valence-corrected chi connectivity index (χ0v) is 10.3. The van der Waals surface area contributed by atoms with Crippen molar-refractivity contribution >= 4 is 23.0 Å². The Labute approximate surface area is 109 Å². The summed E-state index contributed by atoms with van der Waals surface area (Å²) in [6.07, 6.45) is 5.32. The number of hydrogen-bond donors (Lipinski definition) is 2. The summed E-state index contributed by atoms with van der Waals surface area (Å²) in [5.41, 5.74) is 1.74. The van der Waals surface area contributed by atoms with Gasteiger partial charge in [-0.2, -0.15) is 0 Å². The zero-order chi connectivity index (χ0) is 13.0. The molecule has 0 atom stereocenters. The van der Waals surface area contributed by atoms with Gasteiger partial charge in [0.25, 0.3) is 0 Å². The average Bonchev–Trinajstić information content (AvgIpc) is 2.85. The molecule has 0 unspecified atom stereocenters. The van der Waals surface area contributed by atoms with Crippen molar-refractivity contribution in [3.63, 3.8) is 0 Å². The van der Waals surface area contributed by atoms with E-state index in [0.717, 1.165) is 16.1 Å². The average molecular weight is 257 g/mol. The minimum Gasteiger partial charge on any atom is -0.477 e. The van der Waals surface area contributed by atoms with E-state index in [0.29, 0.717) is 11.4 Å². The Hall–Kier alpha value is -2.25. The van der Waals surface area contributed by atoms with Crippen molar-refractivity contribution in [3.8, 4) is 12.3 Å². The summed E-state index contributed by atoms with van der Waals surface area (Å²) >= 11 is 1.27. The summed E-state index contributed by atoms with van der Waals surface area (Å²) in [6, 6.07) is 11.0. The van der Waals surface area contributed by atoms with Gasteiger partial charge >= 0.3 is 5.97 Å². The summed E-state index contributed by atoms with van der Waals surface area (Å²) in [5, 5.41) is 12.0. The van der Waals surface area contributed by atoms with Crippen molar-refractivity contribution in [2.75, 3.05) is 5.32 Å². The van der Waals surface area contributed by atoms with Crippen LogP contribution in [0.4, 0.5) is 5.69 Å². The maximum absolute atomic E-state index is 10.7. The van der Waals surface area contributed by atoms with E-state index in [9.17, 15) is 4.79 Å². The fourth-order valence-corrected chi connectivity index (χ4v) is 2.28. The van der Waals surface area contributed by atoms with Crippen LogP contribution in [0.3, 0.4) is 0 Å². The topological polar surface area (TPSA) is 49.3 Å². The Kier molecular flexibility index (Phi) is 3.66. The molecule has 1 aromatic carbocycles. The van der Waals surface area contributed by atoms with Gasteiger partial charge in [0.1, 0.15) is 4.88 Å². The van der Waals surface area contributed by atoms with Crippen molar-refractivity contribution in [1.82, 2.24) is 0 Å². The molecular weight excluding hydrogens is 246 g/mol. The lowest BCUT2D eigenvalue weighted by Gasteiger charge is -2.04. The highest BCUT2D eigenvalue weighted by Gasteiger charge is 2.06. The Morgan fingerprint density at radius 2 is 2.22 bits per heavy atom. The molecule has 0 amide bonds. The lowest BCUT2D eigenvalue weighted by atomic mass is 10.2. The number of benzene rings is 1. The molecule has 4 heteroatoms. The number of terminal acetylenes is 1. The first kappa shape index (κ1) is 12.2. The third kappa shape index (κ3) is 2.90. The fourth-order valence-electron chi connectivity index (χ4n) is 1.50. The van der Waals surface area contributed by atoms with E-state index in [4.69, 9.17) is 11.5 Å². The van der Waals surface area contributed by atoms with E-state index in [1.807, 2.05) is 30.3 Å². The highest BCUT2D eigenvalue weighted by molar-refractivity contribution is 7.13. The number of aromatic carboxylic acids is 1. The molecule has 2 aromatic rings. The van der Waals surface area contributed by atoms with Gasteiger partial charge in [0.2, 0.25) is 0 Å². The van der Waals surface area contributed by atoms with Crippen LogP contribution >= 0.6 is 11.3 Å². The first-order chi connectivity index (χ1) is 8.69. The summed E-state index contributed by atoms with van der Waals surface area (Å²) in [6.45, 7) is 0.589. The molecule has 0 fully saturated rings. The minimum atomic E-state index is -0.888. The second kappa shape index (κ2) is 5.39. The van der Waals surface area contributed by atoms with Crippen LogP contribution in [0.1, 0.15) is 20.1 Å². The Morgan fingerprint density at radius 3 is 2.89 bits per heavy atom. The molecule has 2 rings (SSSR count). The van der Waals surface area contributed by atoms with E-state index < -0.39 is 5.97 Å². The van der Waals surface area contributed by atoms with Crippen molar-refractivity contribution < 1.29 is 9.90 Å². The van der Waals surface area contributed by atoms with Gasteiger partial charge in [-0.1, -0.05) is 12.0 Å². The normalized spacial score (nSPS) is 9.72. The van der Waals surface area contributed by atoms with E-state index in [2.05, 4.69) is 11.2 Å². The smallest absolute Gasteiger partial charge is 0.345 e. The maximum Gasteiger partial charge on any atom is 0.345 e. The number of nitrogens with one attached hydrogen (secondary N) is 1. The zero-order valence-electron chi connectivity index (χ0n) is 9.51. The number of hydrogen-bond acceptors (Lipinski definition) is 3. The highest BCUT2D eigenvalue weighted by Crippen LogP contribution is 2.18. The second-order valence-electron chi connectivity index (χ2n) is 3.65. The lowest BCUT2D eigenvalue weighted by Crippen LogP contribution is -1.97. The summed E-state index contributed by atoms with van der Waals surface area (Å²) in [4.78, 5) is 12.1. The third-order valence-corrected chi connectivity index (χ3v) is 3.44. The molecule has 3 nitrogen and oxygen atoms in total. The Morgan fingerprint density at radius 1 is 1.39 bits per heavy atom. The number of carboxylic acids is 1. The van der Waals surface area contributed by atoms with Crippen molar-refractivity contribution in [1.29, 1.82) is 0 Å². The molecule has 18 heavy (non-hydrogen) atoms. The number of thiophene rings is 1. The third-order valence-electron chi connectivity index (χ3n) is 2.37. The van der Waals surface area contributed by atoms with Crippen LogP contribution < -0.4 is 5.32 Å². The van der Waals surface area contributed by atoms with Crippen LogP contribution in [-0.2, 0) is 6.54 Å². The molecular formula is C14H11NO2S. The monoisotopic (exact) mass is 257 g/mol. The molecule has 0 spiro atoms. The van der Waals surface area contributed by atoms with Crippen molar-refractivity contribution in [3.05, 3.63) is 51.7 Å². The van der Waals surface area contributed by atoms with Crippen LogP contribution in [0.25, 0.3) is 0 Å². The van der Waals surface area contributed by atoms with Gasteiger partial charge in [-0.15, -0.1) is 17.8 Å². The van der Waals surface area contributed by atoms with Crippen molar-refractivity contribution in [2.45, 2.75) is 6.54 Å². The van der Waals surface area contributed by atoms with E-state index in [-0.39, 0.29) is 0 Å². The van der Waals surface area contributed by atoms with E-state index in [1.165, 1.54) is 11.3 Å². The predicted octanol–water partition coefficient (Wildman–Crippen LogP) is 3.04. The molecule has 90 valence electrons. The molecule has 2 N–H and O–H groups in total. The quantitative estimate of drug-likeness (QED) is 0.828. The second-order valence-corrected chi connectivity index (χ2v) is 4.82. The predicted molar refractivity (Wildman–Crippen MR) is 73.0 cm³/mol. The van der Waals surface area contributed by atoms with Gasteiger partial charge in [-0.3, -0.25) is 0 Å². The maximum atomic E-state index is 10.7. The van der Waals surface area contributed by atoms with Crippen LogP contribution in [0, 0.1) is 12.3 Å². The molecule has 0 radical (unpaired) electrons. The molecule has 1 aromatic heterocycles. The molecule has 0 aliphatic rings. The number of anilines is 1. The highest BCUT2D eigenvalue weighted by atomic mass is 32.1. The van der Waals surface area contributed by atoms with Gasteiger partial charge in [-0.25, -0.2) is 4.79 Å². The van der Waals surface area contributed by atoms with Gasteiger partial charge in [0.15, 0.2) is 0 Å². The first-order valence-electron chi connectivity index (χ1n) is 5.31. The number of carboxylic acid groups (broad SMARTS) is 1. The number of rotatable bonds is 4. The van der Waals surface area contributed by atoms with Gasteiger partial charge in [0, 0.05) is 22.7 Å². The van der Waals surface area contributed by atoms with Gasteiger partial charge in [-0.05, 0) is 30.3 Å². The van der Waals surface area contributed by atoms with Crippen LogP contribution in [0.5, 0.6) is 0 Å². The summed E-state index contributed by atoms with van der Waals surface area (Å²) in [7, 11) is 0.